The van der Waals surface area contributed by atoms with Gasteiger partial charge in [0.2, 0.25) is 15.9 Å². The number of hydrogen-bond acceptors (Lipinski definition) is 4. The largest absolute Gasteiger partial charge is 0.309 e. The zero-order valence-corrected chi connectivity index (χ0v) is 22.5. The van der Waals surface area contributed by atoms with Gasteiger partial charge >= 0.3 is 0 Å². The number of carbonyl (C=O) groups excluding carboxylic acids is 1. The summed E-state index contributed by atoms with van der Waals surface area (Å²) < 4.78 is 29.7. The fraction of sp³-hybridized carbons (Fsp3) is 0.407. The van der Waals surface area contributed by atoms with Crippen molar-refractivity contribution in [2.24, 2.45) is 5.92 Å². The van der Waals surface area contributed by atoms with E-state index >= 15 is 0 Å². The average Bonchev–Trinajstić information content (AvgIpc) is 3.17. The summed E-state index contributed by atoms with van der Waals surface area (Å²) in [6.45, 7) is 13.9. The Morgan fingerprint density at radius 3 is 2.26 bits per heavy atom. The van der Waals surface area contributed by atoms with Gasteiger partial charge in [-0.15, -0.1) is 0 Å². The molecule has 7 nitrogen and oxygen atoms in total. The van der Waals surface area contributed by atoms with Crippen LogP contribution >= 0.6 is 0 Å². The van der Waals surface area contributed by atoms with Crippen LogP contribution < -0.4 is 5.32 Å². The van der Waals surface area contributed by atoms with Gasteiger partial charge in [0.05, 0.1) is 22.8 Å². The molecule has 35 heavy (non-hydrogen) atoms. The van der Waals surface area contributed by atoms with Crippen molar-refractivity contribution in [2.75, 3.05) is 18.4 Å². The fourth-order valence-corrected chi connectivity index (χ4v) is 5.21. The van der Waals surface area contributed by atoms with Crippen LogP contribution in [-0.2, 0) is 20.2 Å². The van der Waals surface area contributed by atoms with E-state index in [0.717, 1.165) is 22.5 Å². The highest BCUT2D eigenvalue weighted by atomic mass is 32.2. The Morgan fingerprint density at radius 2 is 1.69 bits per heavy atom. The summed E-state index contributed by atoms with van der Waals surface area (Å²) in [7, 11) is -3.84. The molecule has 188 valence electrons. The van der Waals surface area contributed by atoms with E-state index < -0.39 is 15.9 Å². The third-order valence-electron chi connectivity index (χ3n) is 5.54. The monoisotopic (exact) mass is 496 g/mol. The lowest BCUT2D eigenvalue weighted by Gasteiger charge is -2.23. The van der Waals surface area contributed by atoms with Crippen molar-refractivity contribution >= 4 is 21.7 Å². The number of amides is 1. The van der Waals surface area contributed by atoms with Gasteiger partial charge in [0, 0.05) is 18.0 Å². The quantitative estimate of drug-likeness (QED) is 0.472. The Hall–Kier alpha value is -2.97. The van der Waals surface area contributed by atoms with Crippen molar-refractivity contribution in [1.29, 1.82) is 0 Å². The van der Waals surface area contributed by atoms with Gasteiger partial charge in [-0.3, -0.25) is 4.79 Å². The van der Waals surface area contributed by atoms with Crippen LogP contribution in [0.4, 0.5) is 5.82 Å². The standard InChI is InChI=1S/C27H36N4O3S/c1-19(2)17-30(35(33,34)23-13-11-20(3)12-14-23)18-26(32)28-25-16-24(27(5,6)7)29-31(25)22-10-8-9-21(4)15-22/h8-16,19H,17-18H2,1-7H3,(H,28,32). The van der Waals surface area contributed by atoms with Gasteiger partial charge in [0.15, 0.2) is 0 Å². The Morgan fingerprint density at radius 1 is 1.03 bits per heavy atom. The third kappa shape index (κ3) is 6.58. The van der Waals surface area contributed by atoms with Crippen molar-refractivity contribution in [3.63, 3.8) is 0 Å². The summed E-state index contributed by atoms with van der Waals surface area (Å²) in [5, 5.41) is 7.66. The second-order valence-electron chi connectivity index (χ2n) is 10.5. The Labute approximate surface area is 209 Å². The normalized spacial score (nSPS) is 12.4. The van der Waals surface area contributed by atoms with E-state index in [0.29, 0.717) is 5.82 Å². The molecule has 0 saturated heterocycles. The molecule has 3 aromatic rings. The maximum absolute atomic E-state index is 13.4. The summed E-state index contributed by atoms with van der Waals surface area (Å²) in [4.78, 5) is 13.4. The third-order valence-corrected chi connectivity index (χ3v) is 7.36. The Bertz CT molecular complexity index is 1290. The number of nitrogens with one attached hydrogen (secondary N) is 1. The van der Waals surface area contributed by atoms with Gasteiger partial charge in [-0.2, -0.15) is 9.40 Å². The molecule has 0 aliphatic heterocycles. The van der Waals surface area contributed by atoms with Crippen LogP contribution in [0.2, 0.25) is 0 Å². The van der Waals surface area contributed by atoms with E-state index in [4.69, 9.17) is 5.10 Å². The Balaban J connectivity index is 1.92. The van der Waals surface area contributed by atoms with E-state index in [2.05, 4.69) is 26.1 Å². The summed E-state index contributed by atoms with van der Waals surface area (Å²) >= 11 is 0. The highest BCUT2D eigenvalue weighted by molar-refractivity contribution is 7.89. The van der Waals surface area contributed by atoms with Gasteiger partial charge in [-0.25, -0.2) is 13.1 Å². The van der Waals surface area contributed by atoms with Crippen LogP contribution in [0.1, 0.15) is 51.4 Å². The summed E-state index contributed by atoms with van der Waals surface area (Å²) in [6, 6.07) is 16.4. The molecule has 1 aromatic heterocycles. The average molecular weight is 497 g/mol. The van der Waals surface area contributed by atoms with Crippen molar-refractivity contribution in [1.82, 2.24) is 14.1 Å². The number of benzene rings is 2. The van der Waals surface area contributed by atoms with E-state index in [1.54, 1.807) is 28.9 Å². The highest BCUT2D eigenvalue weighted by Crippen LogP contribution is 2.27. The number of rotatable bonds is 8. The van der Waals surface area contributed by atoms with Crippen LogP contribution in [0.25, 0.3) is 5.69 Å². The minimum Gasteiger partial charge on any atom is -0.309 e. The molecule has 1 heterocycles. The lowest BCUT2D eigenvalue weighted by atomic mass is 9.92. The molecule has 0 atom stereocenters. The summed E-state index contributed by atoms with van der Waals surface area (Å²) in [5.41, 5.74) is 3.45. The molecule has 0 fully saturated rings. The first kappa shape index (κ1) is 26.6. The number of aromatic nitrogens is 2. The van der Waals surface area contributed by atoms with E-state index in [1.807, 2.05) is 58.0 Å². The molecule has 1 amide bonds. The predicted octanol–water partition coefficient (Wildman–Crippen LogP) is 5.07. The van der Waals surface area contributed by atoms with Crippen LogP contribution in [0.3, 0.4) is 0 Å². The lowest BCUT2D eigenvalue weighted by molar-refractivity contribution is -0.116. The minimum absolute atomic E-state index is 0.0494. The molecule has 0 unspecified atom stereocenters. The maximum atomic E-state index is 13.4. The number of hydrogen-bond donors (Lipinski definition) is 1. The van der Waals surface area contributed by atoms with E-state index in [9.17, 15) is 13.2 Å². The number of sulfonamides is 1. The second-order valence-corrected chi connectivity index (χ2v) is 12.4. The van der Waals surface area contributed by atoms with Crippen molar-refractivity contribution < 1.29 is 13.2 Å². The fourth-order valence-electron chi connectivity index (χ4n) is 3.65. The molecule has 8 heteroatoms. The van der Waals surface area contributed by atoms with Gasteiger partial charge < -0.3 is 5.32 Å². The number of anilines is 1. The maximum Gasteiger partial charge on any atom is 0.243 e. The summed E-state index contributed by atoms with van der Waals surface area (Å²) in [6.07, 6.45) is 0. The molecule has 0 spiro atoms. The molecule has 0 saturated carbocycles. The van der Waals surface area contributed by atoms with Crippen LogP contribution in [0.5, 0.6) is 0 Å². The van der Waals surface area contributed by atoms with Crippen LogP contribution in [0.15, 0.2) is 59.5 Å². The van der Waals surface area contributed by atoms with E-state index in [-0.39, 0.29) is 29.3 Å². The summed E-state index contributed by atoms with van der Waals surface area (Å²) in [5.74, 6) is 0.131. The molecule has 3 rings (SSSR count). The van der Waals surface area contributed by atoms with Gasteiger partial charge in [0.25, 0.3) is 0 Å². The minimum atomic E-state index is -3.84. The molecule has 2 aromatic carbocycles. The highest BCUT2D eigenvalue weighted by Gasteiger charge is 2.28. The zero-order valence-electron chi connectivity index (χ0n) is 21.7. The lowest BCUT2D eigenvalue weighted by Crippen LogP contribution is -2.40. The smallest absolute Gasteiger partial charge is 0.243 e. The molecule has 0 radical (unpaired) electrons. The van der Waals surface area contributed by atoms with Crippen molar-refractivity contribution in [3.05, 3.63) is 71.4 Å². The topological polar surface area (TPSA) is 84.3 Å². The predicted molar refractivity (Wildman–Crippen MR) is 140 cm³/mol. The van der Waals surface area contributed by atoms with Gasteiger partial charge in [-0.1, -0.05) is 64.4 Å². The zero-order chi connectivity index (χ0) is 26.0. The molecule has 0 aliphatic rings. The number of nitrogens with zero attached hydrogens (tertiary/aromatic N) is 3. The molecule has 0 bridgehead atoms. The van der Waals surface area contributed by atoms with Crippen LogP contribution in [0, 0.1) is 19.8 Å². The molecule has 0 aliphatic carbocycles. The first-order valence-electron chi connectivity index (χ1n) is 11.8. The van der Waals surface area contributed by atoms with Gasteiger partial charge in [-0.05, 0) is 49.6 Å². The van der Waals surface area contributed by atoms with Gasteiger partial charge in [0.1, 0.15) is 5.82 Å². The molecular formula is C27H36N4O3S. The van der Waals surface area contributed by atoms with Crippen LogP contribution in [-0.4, -0.2) is 41.5 Å². The van der Waals surface area contributed by atoms with E-state index in [1.165, 1.54) is 4.31 Å². The number of carbonyl (C=O) groups is 1. The second kappa shape index (κ2) is 10.3. The first-order valence-corrected chi connectivity index (χ1v) is 13.3. The molecule has 1 N–H and O–H groups in total. The molecular weight excluding hydrogens is 460 g/mol. The first-order chi connectivity index (χ1) is 16.3. The Kier molecular flexibility index (Phi) is 7.87. The van der Waals surface area contributed by atoms with Crippen molar-refractivity contribution in [3.8, 4) is 5.69 Å². The SMILES string of the molecule is Cc1ccc(S(=O)(=O)N(CC(=O)Nc2cc(C(C)(C)C)nn2-c2cccc(C)c2)CC(C)C)cc1. The van der Waals surface area contributed by atoms with Crippen molar-refractivity contribution in [2.45, 2.75) is 58.8 Å². The number of aryl methyl sites for hydroxylation is 2.